The first-order chi connectivity index (χ1) is 8.55. The number of rotatable bonds is 5. The van der Waals surface area contributed by atoms with Gasteiger partial charge in [0, 0.05) is 12.0 Å². The third kappa shape index (κ3) is 2.00. The fraction of sp³-hybridized carbons (Fsp3) is 1.00. The minimum absolute atomic E-state index is 0.108. The lowest BCUT2D eigenvalue weighted by Crippen LogP contribution is -2.63. The van der Waals surface area contributed by atoms with Crippen molar-refractivity contribution in [3.05, 3.63) is 0 Å². The van der Waals surface area contributed by atoms with Gasteiger partial charge in [0.05, 0.1) is 0 Å². The van der Waals surface area contributed by atoms with Crippen LogP contribution in [0.4, 0.5) is 0 Å². The number of hydrogen-bond acceptors (Lipinski definition) is 3. The van der Waals surface area contributed by atoms with Gasteiger partial charge in [0.1, 0.15) is 5.72 Å². The maximum absolute atomic E-state index is 10.9. The van der Waals surface area contributed by atoms with E-state index >= 15 is 0 Å². The Morgan fingerprint density at radius 3 is 2.06 bits per heavy atom. The van der Waals surface area contributed by atoms with E-state index in [9.17, 15) is 5.11 Å². The van der Waals surface area contributed by atoms with Crippen LogP contribution in [0.3, 0.4) is 0 Å². The molecule has 4 aliphatic rings. The van der Waals surface area contributed by atoms with Crippen molar-refractivity contribution in [3.8, 4) is 0 Å². The largest absolute Gasteiger partial charge is 0.396 e. The molecule has 3 heteroatoms. The summed E-state index contributed by atoms with van der Waals surface area (Å²) in [6.45, 7) is 2.88. The van der Waals surface area contributed by atoms with Crippen LogP contribution in [0.25, 0.3) is 0 Å². The van der Waals surface area contributed by atoms with Gasteiger partial charge >= 0.3 is 0 Å². The molecule has 3 nitrogen and oxygen atoms in total. The normalized spacial score (nSPS) is 45.2. The molecular formula is C15H27NO2. The Kier molecular flexibility index (Phi) is 3.20. The highest BCUT2D eigenvalue weighted by Gasteiger charge is 2.58. The molecule has 4 saturated carbocycles. The third-order valence-corrected chi connectivity index (χ3v) is 5.88. The van der Waals surface area contributed by atoms with Crippen LogP contribution in [-0.4, -0.2) is 29.1 Å². The van der Waals surface area contributed by atoms with E-state index in [1.807, 2.05) is 6.92 Å². The van der Waals surface area contributed by atoms with Gasteiger partial charge in [-0.1, -0.05) is 0 Å². The Morgan fingerprint density at radius 2 is 1.61 bits per heavy atom. The Morgan fingerprint density at radius 1 is 1.11 bits per heavy atom. The second-order valence-electron chi connectivity index (χ2n) is 7.27. The molecule has 0 saturated heterocycles. The molecule has 0 aromatic carbocycles. The first-order valence-electron chi connectivity index (χ1n) is 7.63. The SMILES string of the molecule is CC(O)(NCCCO)C12CC3CC(CC(C3)C1)C2. The van der Waals surface area contributed by atoms with Crippen LogP contribution in [0.1, 0.15) is 51.9 Å². The summed E-state index contributed by atoms with van der Waals surface area (Å²) in [5, 5.41) is 23.1. The molecule has 0 spiro atoms. The van der Waals surface area contributed by atoms with Gasteiger partial charge in [-0.3, -0.25) is 5.32 Å². The Bertz CT molecular complexity index is 278. The molecule has 4 aliphatic carbocycles. The van der Waals surface area contributed by atoms with Crippen molar-refractivity contribution in [2.75, 3.05) is 13.2 Å². The van der Waals surface area contributed by atoms with E-state index in [4.69, 9.17) is 5.11 Å². The highest BCUT2D eigenvalue weighted by molar-refractivity contribution is 5.07. The molecule has 1 atom stereocenters. The second kappa shape index (κ2) is 4.46. The van der Waals surface area contributed by atoms with Crippen LogP contribution >= 0.6 is 0 Å². The summed E-state index contributed by atoms with van der Waals surface area (Å²) in [6, 6.07) is 0. The summed E-state index contributed by atoms with van der Waals surface area (Å²) in [4.78, 5) is 0. The molecule has 18 heavy (non-hydrogen) atoms. The smallest absolute Gasteiger partial charge is 0.118 e. The standard InChI is InChI=1S/C15H27NO2/c1-14(18,16-3-2-4-17)15-8-11-5-12(9-15)7-13(6-11)10-15/h11-13,16-18H,2-10H2,1H3. The van der Waals surface area contributed by atoms with Gasteiger partial charge in [0.25, 0.3) is 0 Å². The first kappa shape index (κ1) is 12.9. The minimum atomic E-state index is -0.752. The van der Waals surface area contributed by atoms with Gasteiger partial charge in [-0.25, -0.2) is 0 Å². The number of aliphatic hydroxyl groups is 2. The van der Waals surface area contributed by atoms with Crippen molar-refractivity contribution < 1.29 is 10.2 Å². The van der Waals surface area contributed by atoms with Crippen molar-refractivity contribution in [2.24, 2.45) is 23.2 Å². The highest BCUT2D eigenvalue weighted by Crippen LogP contribution is 2.63. The van der Waals surface area contributed by atoms with E-state index in [0.29, 0.717) is 6.54 Å². The highest BCUT2D eigenvalue weighted by atomic mass is 16.3. The topological polar surface area (TPSA) is 52.5 Å². The van der Waals surface area contributed by atoms with E-state index in [1.54, 1.807) is 0 Å². The maximum Gasteiger partial charge on any atom is 0.118 e. The molecule has 104 valence electrons. The number of hydrogen-bond donors (Lipinski definition) is 3. The predicted molar refractivity (Wildman–Crippen MR) is 70.9 cm³/mol. The quantitative estimate of drug-likeness (QED) is 0.518. The average Bonchev–Trinajstić information content (AvgIpc) is 2.27. The Hall–Kier alpha value is -0.120. The lowest BCUT2D eigenvalue weighted by Gasteiger charge is -2.61. The summed E-state index contributed by atoms with van der Waals surface area (Å²) >= 11 is 0. The van der Waals surface area contributed by atoms with Gasteiger partial charge < -0.3 is 10.2 Å². The van der Waals surface area contributed by atoms with Crippen molar-refractivity contribution in [1.29, 1.82) is 0 Å². The van der Waals surface area contributed by atoms with E-state index in [0.717, 1.165) is 24.2 Å². The zero-order valence-corrected chi connectivity index (χ0v) is 11.5. The van der Waals surface area contributed by atoms with Crippen molar-refractivity contribution in [1.82, 2.24) is 5.32 Å². The molecule has 0 radical (unpaired) electrons. The van der Waals surface area contributed by atoms with Gasteiger partial charge in [-0.05, 0) is 76.2 Å². The van der Waals surface area contributed by atoms with E-state index in [2.05, 4.69) is 5.32 Å². The molecule has 4 fully saturated rings. The number of aliphatic hydroxyl groups excluding tert-OH is 1. The second-order valence-corrected chi connectivity index (χ2v) is 7.27. The fourth-order valence-electron chi connectivity index (χ4n) is 5.31. The maximum atomic E-state index is 10.9. The molecular weight excluding hydrogens is 226 g/mol. The lowest BCUT2D eigenvalue weighted by molar-refractivity contribution is -0.185. The molecule has 3 N–H and O–H groups in total. The summed E-state index contributed by atoms with van der Waals surface area (Å²) in [7, 11) is 0. The summed E-state index contributed by atoms with van der Waals surface area (Å²) in [5.74, 6) is 2.59. The van der Waals surface area contributed by atoms with Crippen LogP contribution in [0.5, 0.6) is 0 Å². The molecule has 0 aromatic heterocycles. The van der Waals surface area contributed by atoms with E-state index in [-0.39, 0.29) is 12.0 Å². The third-order valence-electron chi connectivity index (χ3n) is 5.88. The van der Waals surface area contributed by atoms with Crippen LogP contribution < -0.4 is 5.32 Å². The van der Waals surface area contributed by atoms with Crippen molar-refractivity contribution in [2.45, 2.75) is 57.6 Å². The number of nitrogens with one attached hydrogen (secondary N) is 1. The summed E-state index contributed by atoms with van der Waals surface area (Å²) in [6.07, 6.45) is 8.57. The van der Waals surface area contributed by atoms with Gasteiger partial charge in [0.2, 0.25) is 0 Å². The molecule has 0 aliphatic heterocycles. The van der Waals surface area contributed by atoms with Crippen molar-refractivity contribution >= 4 is 0 Å². The van der Waals surface area contributed by atoms with Crippen LogP contribution in [0, 0.1) is 23.2 Å². The Labute approximate surface area is 110 Å². The van der Waals surface area contributed by atoms with Crippen LogP contribution in [-0.2, 0) is 0 Å². The minimum Gasteiger partial charge on any atom is -0.396 e. The summed E-state index contributed by atoms with van der Waals surface area (Å²) in [5.41, 5.74) is -0.643. The van der Waals surface area contributed by atoms with Crippen molar-refractivity contribution in [3.63, 3.8) is 0 Å². The monoisotopic (exact) mass is 253 g/mol. The molecule has 0 aromatic rings. The Balaban J connectivity index is 1.73. The van der Waals surface area contributed by atoms with E-state index in [1.165, 1.54) is 38.5 Å². The first-order valence-corrected chi connectivity index (χ1v) is 7.63. The van der Waals surface area contributed by atoms with E-state index < -0.39 is 5.72 Å². The zero-order chi connectivity index (χ0) is 12.8. The molecule has 4 bridgehead atoms. The average molecular weight is 253 g/mol. The fourth-order valence-corrected chi connectivity index (χ4v) is 5.31. The van der Waals surface area contributed by atoms with Crippen LogP contribution in [0.15, 0.2) is 0 Å². The predicted octanol–water partition coefficient (Wildman–Crippen LogP) is 1.88. The lowest BCUT2D eigenvalue weighted by atomic mass is 9.47. The molecule has 0 amide bonds. The molecule has 0 heterocycles. The van der Waals surface area contributed by atoms with Gasteiger partial charge in [-0.15, -0.1) is 0 Å². The van der Waals surface area contributed by atoms with Gasteiger partial charge in [-0.2, -0.15) is 0 Å². The summed E-state index contributed by atoms with van der Waals surface area (Å²) < 4.78 is 0. The van der Waals surface area contributed by atoms with Crippen LogP contribution in [0.2, 0.25) is 0 Å². The molecule has 1 unspecified atom stereocenters. The zero-order valence-electron chi connectivity index (χ0n) is 11.5. The van der Waals surface area contributed by atoms with Gasteiger partial charge in [0.15, 0.2) is 0 Å². The molecule has 4 rings (SSSR count).